The van der Waals surface area contributed by atoms with Crippen LogP contribution in [0.3, 0.4) is 0 Å². The van der Waals surface area contributed by atoms with Gasteiger partial charge in [-0.3, -0.25) is 4.68 Å². The lowest BCUT2D eigenvalue weighted by Gasteiger charge is -2.23. The van der Waals surface area contributed by atoms with Crippen molar-refractivity contribution in [2.24, 2.45) is 0 Å². The van der Waals surface area contributed by atoms with E-state index in [1.165, 1.54) is 5.56 Å². The van der Waals surface area contributed by atoms with Crippen LogP contribution in [-0.4, -0.2) is 23.0 Å². The molecule has 1 aromatic rings. The quantitative estimate of drug-likeness (QED) is 0.717. The first-order chi connectivity index (χ1) is 7.90. The molecule has 1 aliphatic heterocycles. The third-order valence-electron chi connectivity index (χ3n) is 3.57. The predicted octanol–water partition coefficient (Wildman–Crippen LogP) is 1.59. The first kappa shape index (κ1) is 9.86. The third-order valence-corrected chi connectivity index (χ3v) is 3.57. The molecule has 2 aliphatic rings. The molecule has 0 unspecified atom stereocenters. The Morgan fingerprint density at radius 1 is 1.31 bits per heavy atom. The maximum Gasteiger partial charge on any atom is 0.142 e. The minimum atomic E-state index is 0.369. The Kier molecular flexibility index (Phi) is 2.41. The van der Waals surface area contributed by atoms with Crippen molar-refractivity contribution in [3.05, 3.63) is 17.0 Å². The van der Waals surface area contributed by atoms with Gasteiger partial charge < -0.3 is 4.74 Å². The largest absolute Gasteiger partial charge is 0.381 e. The number of ether oxygens (including phenoxy) is 1. The van der Waals surface area contributed by atoms with E-state index < -0.39 is 0 Å². The lowest BCUT2D eigenvalue weighted by atomic mass is 10.1. The summed E-state index contributed by atoms with van der Waals surface area (Å²) in [6.45, 7) is 1.58. The molecule has 1 aliphatic carbocycles. The van der Waals surface area contributed by atoms with Crippen molar-refractivity contribution in [1.82, 2.24) is 9.78 Å². The fourth-order valence-electron chi connectivity index (χ4n) is 2.72. The lowest BCUT2D eigenvalue weighted by molar-refractivity contribution is 0.0658. The Balaban J connectivity index is 1.97. The summed E-state index contributed by atoms with van der Waals surface area (Å²) in [5, 5.41) is 13.9. The fourth-order valence-corrected chi connectivity index (χ4v) is 2.72. The number of nitriles is 1. The second-order valence-corrected chi connectivity index (χ2v) is 4.53. The average Bonchev–Trinajstić information content (AvgIpc) is 2.89. The van der Waals surface area contributed by atoms with Gasteiger partial charge in [-0.05, 0) is 32.1 Å². The molecule has 84 valence electrons. The Morgan fingerprint density at radius 3 is 2.88 bits per heavy atom. The molecule has 1 fully saturated rings. The predicted molar refractivity (Wildman–Crippen MR) is 58.1 cm³/mol. The minimum Gasteiger partial charge on any atom is -0.381 e. The molecule has 4 heteroatoms. The smallest absolute Gasteiger partial charge is 0.142 e. The van der Waals surface area contributed by atoms with Gasteiger partial charge in [0.15, 0.2) is 0 Å². The molecular weight excluding hydrogens is 202 g/mol. The van der Waals surface area contributed by atoms with Crippen LogP contribution in [0, 0.1) is 11.3 Å². The van der Waals surface area contributed by atoms with Crippen molar-refractivity contribution >= 4 is 0 Å². The van der Waals surface area contributed by atoms with Crippen LogP contribution in [0.5, 0.6) is 0 Å². The number of aromatic nitrogens is 2. The van der Waals surface area contributed by atoms with Crippen LogP contribution in [-0.2, 0) is 17.6 Å². The SMILES string of the molecule is N#Cc1c2c(nn1C1CCOCC1)CCC2. The molecule has 0 bridgehead atoms. The number of hydrogen-bond acceptors (Lipinski definition) is 3. The topological polar surface area (TPSA) is 50.8 Å². The van der Waals surface area contributed by atoms with Gasteiger partial charge in [0.2, 0.25) is 0 Å². The molecule has 0 saturated carbocycles. The maximum absolute atomic E-state index is 9.26. The first-order valence-corrected chi connectivity index (χ1v) is 5.98. The van der Waals surface area contributed by atoms with E-state index >= 15 is 0 Å². The highest BCUT2D eigenvalue weighted by atomic mass is 16.5. The van der Waals surface area contributed by atoms with Gasteiger partial charge >= 0.3 is 0 Å². The summed E-state index contributed by atoms with van der Waals surface area (Å²) in [7, 11) is 0. The van der Waals surface area contributed by atoms with Crippen molar-refractivity contribution < 1.29 is 4.74 Å². The molecular formula is C12H15N3O. The Labute approximate surface area is 94.8 Å². The summed E-state index contributed by atoms with van der Waals surface area (Å²) in [5.41, 5.74) is 3.16. The van der Waals surface area contributed by atoms with Gasteiger partial charge in [-0.1, -0.05) is 0 Å². The van der Waals surface area contributed by atoms with E-state index in [4.69, 9.17) is 4.74 Å². The summed E-state index contributed by atoms with van der Waals surface area (Å²) in [4.78, 5) is 0. The van der Waals surface area contributed by atoms with Crippen LogP contribution >= 0.6 is 0 Å². The third kappa shape index (κ3) is 1.43. The van der Waals surface area contributed by atoms with E-state index in [-0.39, 0.29) is 0 Å². The number of nitrogens with zero attached hydrogens (tertiary/aromatic N) is 3. The van der Waals surface area contributed by atoms with E-state index in [9.17, 15) is 5.26 Å². The van der Waals surface area contributed by atoms with Crippen molar-refractivity contribution in [3.8, 4) is 6.07 Å². The van der Waals surface area contributed by atoms with Gasteiger partial charge in [-0.2, -0.15) is 10.4 Å². The molecule has 2 heterocycles. The molecule has 1 saturated heterocycles. The number of fused-ring (bicyclic) bond motifs is 1. The van der Waals surface area contributed by atoms with Gasteiger partial charge in [-0.25, -0.2) is 0 Å². The van der Waals surface area contributed by atoms with E-state index in [2.05, 4.69) is 11.2 Å². The van der Waals surface area contributed by atoms with E-state index in [1.807, 2.05) is 4.68 Å². The molecule has 3 rings (SSSR count). The molecule has 0 radical (unpaired) electrons. The highest BCUT2D eigenvalue weighted by molar-refractivity contribution is 5.38. The average molecular weight is 217 g/mol. The maximum atomic E-state index is 9.26. The first-order valence-electron chi connectivity index (χ1n) is 5.98. The van der Waals surface area contributed by atoms with E-state index in [0.29, 0.717) is 6.04 Å². The summed E-state index contributed by atoms with van der Waals surface area (Å²) in [6, 6.07) is 2.70. The number of hydrogen-bond donors (Lipinski definition) is 0. The van der Waals surface area contributed by atoms with Gasteiger partial charge in [0.1, 0.15) is 11.8 Å². The second kappa shape index (κ2) is 3.91. The molecule has 0 N–H and O–H groups in total. The van der Waals surface area contributed by atoms with Crippen LogP contribution in [0.2, 0.25) is 0 Å². The molecule has 0 aromatic carbocycles. The van der Waals surface area contributed by atoms with E-state index in [1.54, 1.807) is 0 Å². The van der Waals surface area contributed by atoms with E-state index in [0.717, 1.165) is 56.7 Å². The van der Waals surface area contributed by atoms with Gasteiger partial charge in [0.25, 0.3) is 0 Å². The van der Waals surface area contributed by atoms with Gasteiger partial charge in [-0.15, -0.1) is 0 Å². The summed E-state index contributed by atoms with van der Waals surface area (Å²) >= 11 is 0. The molecule has 0 spiro atoms. The monoisotopic (exact) mass is 217 g/mol. The number of rotatable bonds is 1. The zero-order valence-electron chi connectivity index (χ0n) is 9.28. The lowest BCUT2D eigenvalue weighted by Crippen LogP contribution is -2.21. The van der Waals surface area contributed by atoms with Crippen LogP contribution in [0.4, 0.5) is 0 Å². The minimum absolute atomic E-state index is 0.369. The summed E-state index contributed by atoms with van der Waals surface area (Å²) in [6.07, 6.45) is 5.19. The number of aryl methyl sites for hydroxylation is 1. The van der Waals surface area contributed by atoms with Crippen molar-refractivity contribution in [1.29, 1.82) is 5.26 Å². The van der Waals surface area contributed by atoms with Crippen LogP contribution in [0.1, 0.15) is 42.3 Å². The van der Waals surface area contributed by atoms with Crippen LogP contribution < -0.4 is 0 Å². The van der Waals surface area contributed by atoms with Crippen molar-refractivity contribution in [3.63, 3.8) is 0 Å². The van der Waals surface area contributed by atoms with Crippen molar-refractivity contribution in [2.75, 3.05) is 13.2 Å². The fraction of sp³-hybridized carbons (Fsp3) is 0.667. The second-order valence-electron chi connectivity index (χ2n) is 4.53. The Hall–Kier alpha value is -1.34. The Morgan fingerprint density at radius 2 is 2.12 bits per heavy atom. The Bertz CT molecular complexity index is 438. The molecule has 4 nitrogen and oxygen atoms in total. The summed E-state index contributed by atoms with van der Waals surface area (Å²) in [5.74, 6) is 0. The van der Waals surface area contributed by atoms with Gasteiger partial charge in [0, 0.05) is 18.8 Å². The highest BCUT2D eigenvalue weighted by Crippen LogP contribution is 2.29. The van der Waals surface area contributed by atoms with Gasteiger partial charge in [0.05, 0.1) is 11.7 Å². The zero-order valence-corrected chi connectivity index (χ0v) is 9.28. The van der Waals surface area contributed by atoms with Crippen LogP contribution in [0.15, 0.2) is 0 Å². The van der Waals surface area contributed by atoms with Crippen molar-refractivity contribution in [2.45, 2.75) is 38.1 Å². The standard InChI is InChI=1S/C12H15N3O/c13-8-12-10-2-1-3-11(10)14-15(12)9-4-6-16-7-5-9/h9H,1-7H2. The normalized spacial score (nSPS) is 20.7. The zero-order chi connectivity index (χ0) is 11.0. The molecule has 0 atom stereocenters. The van der Waals surface area contributed by atoms with Crippen LogP contribution in [0.25, 0.3) is 0 Å². The highest BCUT2D eigenvalue weighted by Gasteiger charge is 2.26. The molecule has 16 heavy (non-hydrogen) atoms. The molecule has 1 aromatic heterocycles. The summed E-state index contributed by atoms with van der Waals surface area (Å²) < 4.78 is 7.31. The molecule has 0 amide bonds.